The van der Waals surface area contributed by atoms with Crippen LogP contribution in [0, 0.1) is 6.07 Å². The third-order valence-corrected chi connectivity index (χ3v) is 2.56. The number of nitrogens with zero attached hydrogens (tertiary/aromatic N) is 2. The van der Waals surface area contributed by atoms with Crippen LogP contribution in [0.5, 0.6) is 0 Å². The summed E-state index contributed by atoms with van der Waals surface area (Å²) in [6.45, 7) is 1.50. The molecule has 2 aromatic heterocycles. The Kier molecular flexibility index (Phi) is 7.30. The van der Waals surface area contributed by atoms with E-state index in [0.717, 1.165) is 11.3 Å². The summed E-state index contributed by atoms with van der Waals surface area (Å²) >= 11 is 0. The Bertz CT molecular complexity index is 600. The van der Waals surface area contributed by atoms with E-state index in [2.05, 4.69) is 16.0 Å². The number of benzene rings is 1. The first-order chi connectivity index (χ1) is 9.77. The Morgan fingerprint density at radius 1 is 1.10 bits per heavy atom. The average molecular weight is 455 g/mol. The van der Waals surface area contributed by atoms with Gasteiger partial charge in [0.25, 0.3) is 0 Å². The molecular formula is C17H14IrN2O-2. The van der Waals surface area contributed by atoms with Gasteiger partial charge in [-0.05, 0) is 18.7 Å². The monoisotopic (exact) mass is 455 g/mol. The summed E-state index contributed by atoms with van der Waals surface area (Å²) in [5.74, 6) is 0.0231. The van der Waals surface area contributed by atoms with Crippen LogP contribution in [0.1, 0.15) is 17.4 Å². The van der Waals surface area contributed by atoms with Crippen LogP contribution in [0.15, 0.2) is 67.0 Å². The van der Waals surface area contributed by atoms with Crippen molar-refractivity contribution in [3.05, 3.63) is 78.8 Å². The van der Waals surface area contributed by atoms with Crippen molar-refractivity contribution in [2.75, 3.05) is 0 Å². The number of Topliss-reactive ketones (excluding diaryl/α,β-unsaturated/α-hetero) is 1. The van der Waals surface area contributed by atoms with Gasteiger partial charge in [-0.2, -0.15) is 6.20 Å². The van der Waals surface area contributed by atoms with Crippen LogP contribution in [0.4, 0.5) is 0 Å². The van der Waals surface area contributed by atoms with Gasteiger partial charge in [-0.1, -0.05) is 30.0 Å². The summed E-state index contributed by atoms with van der Waals surface area (Å²) in [6.07, 6.45) is 3.40. The molecule has 21 heavy (non-hydrogen) atoms. The Morgan fingerprint density at radius 3 is 2.38 bits per heavy atom. The summed E-state index contributed by atoms with van der Waals surface area (Å²) < 4.78 is 0. The smallest absolute Gasteiger partial charge is 0.138 e. The Morgan fingerprint density at radius 2 is 1.90 bits per heavy atom. The van der Waals surface area contributed by atoms with Gasteiger partial charge in [0.15, 0.2) is 0 Å². The second-order valence-corrected chi connectivity index (χ2v) is 4.07. The molecule has 109 valence electrons. The molecule has 0 saturated heterocycles. The van der Waals surface area contributed by atoms with E-state index in [9.17, 15) is 4.79 Å². The van der Waals surface area contributed by atoms with Crippen molar-refractivity contribution in [1.82, 2.24) is 9.97 Å². The fourth-order valence-corrected chi connectivity index (χ4v) is 1.58. The third kappa shape index (κ3) is 5.46. The van der Waals surface area contributed by atoms with E-state index in [1.54, 1.807) is 24.5 Å². The fraction of sp³-hybridized carbons (Fsp3) is 0.0588. The van der Waals surface area contributed by atoms with E-state index in [4.69, 9.17) is 0 Å². The number of hydrogen-bond donors (Lipinski definition) is 0. The normalized spacial score (nSPS) is 9.00. The molecule has 0 aliphatic rings. The van der Waals surface area contributed by atoms with Crippen molar-refractivity contribution in [3.63, 3.8) is 0 Å². The van der Waals surface area contributed by atoms with E-state index in [-0.39, 0.29) is 25.9 Å². The average Bonchev–Trinajstić information content (AvgIpc) is 3.04. The molecule has 0 aliphatic carbocycles. The van der Waals surface area contributed by atoms with Crippen molar-refractivity contribution in [1.29, 1.82) is 0 Å². The zero-order valence-electron chi connectivity index (χ0n) is 11.5. The minimum Gasteiger partial charge on any atom is -0.661 e. The van der Waals surface area contributed by atoms with E-state index < -0.39 is 0 Å². The molecule has 0 amide bonds. The maximum atomic E-state index is 10.4. The first-order valence-electron chi connectivity index (χ1n) is 6.24. The predicted molar refractivity (Wildman–Crippen MR) is 78.3 cm³/mol. The molecular weight excluding hydrogens is 440 g/mol. The van der Waals surface area contributed by atoms with E-state index in [1.165, 1.54) is 6.92 Å². The summed E-state index contributed by atoms with van der Waals surface area (Å²) in [5.41, 5.74) is 2.56. The van der Waals surface area contributed by atoms with Gasteiger partial charge in [-0.3, -0.25) is 4.79 Å². The second-order valence-electron chi connectivity index (χ2n) is 4.07. The zero-order chi connectivity index (χ0) is 14.2. The molecule has 0 spiro atoms. The van der Waals surface area contributed by atoms with Gasteiger partial charge >= 0.3 is 0 Å². The minimum absolute atomic E-state index is 0. The second kappa shape index (κ2) is 9.01. The fourth-order valence-electron chi connectivity index (χ4n) is 1.58. The molecule has 0 atom stereocenters. The molecule has 1 aromatic carbocycles. The molecule has 3 nitrogen and oxygen atoms in total. The maximum Gasteiger partial charge on any atom is 0.138 e. The molecule has 2 heterocycles. The topological polar surface area (TPSA) is 44.1 Å². The zero-order valence-corrected chi connectivity index (χ0v) is 13.9. The molecule has 3 rings (SSSR count). The predicted octanol–water partition coefficient (Wildman–Crippen LogP) is 3.39. The SMILES string of the molecule is CC(=O)c1ccc[n-]1.[Ir].[c-]1ccccc1-c1ccccn1. The Labute approximate surface area is 137 Å². The summed E-state index contributed by atoms with van der Waals surface area (Å²) in [4.78, 5) is 18.4. The Balaban J connectivity index is 0.000000216. The number of hydrogen-bond acceptors (Lipinski definition) is 2. The van der Waals surface area contributed by atoms with Crippen LogP contribution in [0.2, 0.25) is 0 Å². The summed E-state index contributed by atoms with van der Waals surface area (Å²) in [7, 11) is 0. The van der Waals surface area contributed by atoms with Crippen LogP contribution >= 0.6 is 0 Å². The van der Waals surface area contributed by atoms with Crippen LogP contribution in [0.25, 0.3) is 11.3 Å². The molecule has 0 saturated carbocycles. The van der Waals surface area contributed by atoms with Gasteiger partial charge in [0.05, 0.1) is 0 Å². The van der Waals surface area contributed by atoms with Gasteiger partial charge in [0.1, 0.15) is 5.78 Å². The molecule has 1 radical (unpaired) electrons. The molecule has 0 bridgehead atoms. The largest absolute Gasteiger partial charge is 0.661 e. The number of rotatable bonds is 2. The molecule has 3 aromatic rings. The number of pyridine rings is 1. The van der Waals surface area contributed by atoms with Gasteiger partial charge in [-0.25, -0.2) is 0 Å². The number of carbonyl (C=O) groups excluding carboxylic acids is 1. The number of aromatic nitrogens is 2. The van der Waals surface area contributed by atoms with Gasteiger partial charge in [0.2, 0.25) is 0 Å². The van der Waals surface area contributed by atoms with Gasteiger partial charge in [0, 0.05) is 26.3 Å². The third-order valence-electron chi connectivity index (χ3n) is 2.56. The van der Waals surface area contributed by atoms with Crippen molar-refractivity contribution < 1.29 is 24.9 Å². The minimum atomic E-state index is 0. The molecule has 4 heteroatoms. The van der Waals surface area contributed by atoms with Crippen LogP contribution in [-0.4, -0.2) is 10.8 Å². The van der Waals surface area contributed by atoms with Crippen molar-refractivity contribution >= 4 is 5.78 Å². The standard InChI is InChI=1S/C11H8N.C6H7NO.Ir/c1-2-6-10(7-3-1)11-8-4-5-9-12-11;1-5(8)6-3-2-4-7-6;/h1-6,8-9H;2-4H,1H3,(H,7,8);/q-1;;/p-1. The van der Waals surface area contributed by atoms with Crippen molar-refractivity contribution in [2.24, 2.45) is 0 Å². The van der Waals surface area contributed by atoms with Crippen LogP contribution in [0.3, 0.4) is 0 Å². The number of carbonyl (C=O) groups is 1. The summed E-state index contributed by atoms with van der Waals surface area (Å²) in [6, 6.07) is 20.3. The van der Waals surface area contributed by atoms with E-state index >= 15 is 0 Å². The first kappa shape index (κ1) is 17.0. The summed E-state index contributed by atoms with van der Waals surface area (Å²) in [5, 5.41) is 0. The van der Waals surface area contributed by atoms with E-state index in [0.29, 0.717) is 5.69 Å². The van der Waals surface area contributed by atoms with Gasteiger partial charge < -0.3 is 9.97 Å². The van der Waals surface area contributed by atoms with Crippen molar-refractivity contribution in [2.45, 2.75) is 6.92 Å². The van der Waals surface area contributed by atoms with Gasteiger partial charge in [-0.15, -0.1) is 35.9 Å². The number of ketones is 1. The Hall–Kier alpha value is -2.03. The first-order valence-corrected chi connectivity index (χ1v) is 6.24. The van der Waals surface area contributed by atoms with Crippen molar-refractivity contribution in [3.8, 4) is 11.3 Å². The molecule has 0 aliphatic heterocycles. The molecule has 0 fully saturated rings. The molecule has 0 unspecified atom stereocenters. The quantitative estimate of drug-likeness (QED) is 0.441. The van der Waals surface area contributed by atoms with E-state index in [1.807, 2.05) is 42.5 Å². The van der Waals surface area contributed by atoms with Crippen LogP contribution in [-0.2, 0) is 20.1 Å². The maximum absolute atomic E-state index is 10.4. The van der Waals surface area contributed by atoms with Crippen LogP contribution < -0.4 is 4.98 Å². The molecule has 0 N–H and O–H groups in total.